The third-order valence-corrected chi connectivity index (χ3v) is 5.68. The smallest absolute Gasteiger partial charge is 0.352 e. The Kier molecular flexibility index (Phi) is 4.51. The Morgan fingerprint density at radius 2 is 2.17 bits per heavy atom. The van der Waals surface area contributed by atoms with Crippen LogP contribution in [0, 0.1) is 0 Å². The number of aromatic nitrogens is 2. The van der Waals surface area contributed by atoms with Gasteiger partial charge in [-0.15, -0.1) is 22.0 Å². The summed E-state index contributed by atoms with van der Waals surface area (Å²) in [7, 11) is 0. The van der Waals surface area contributed by atoms with Crippen LogP contribution < -0.4 is 5.73 Å². The van der Waals surface area contributed by atoms with Gasteiger partial charge in [0.2, 0.25) is 11.8 Å². The summed E-state index contributed by atoms with van der Waals surface area (Å²) >= 11 is 2.49. The van der Waals surface area contributed by atoms with Gasteiger partial charge in [0.05, 0.1) is 0 Å². The second kappa shape index (κ2) is 6.45. The Morgan fingerprint density at radius 3 is 2.83 bits per heavy atom. The van der Waals surface area contributed by atoms with Crippen molar-refractivity contribution in [2.24, 2.45) is 5.73 Å². The molecule has 0 bridgehead atoms. The predicted octanol–water partition coefficient (Wildman–Crippen LogP) is -0.630. The SMILES string of the molecule is NC1C(=O)N2C(C(=O)O)=C(CSc3nnc(CC(=O)O)o3)CS[C@@H]12. The molecule has 10 nitrogen and oxygen atoms in total. The molecular weight excluding hydrogens is 360 g/mol. The number of β-lactam (4-membered cyclic amide) rings is 1. The number of carboxylic acids is 2. The largest absolute Gasteiger partial charge is 0.481 e. The number of nitrogens with zero attached hydrogens (tertiary/aromatic N) is 3. The number of hydrogen-bond donors (Lipinski definition) is 3. The van der Waals surface area contributed by atoms with Gasteiger partial charge in [0.1, 0.15) is 23.5 Å². The summed E-state index contributed by atoms with van der Waals surface area (Å²) in [5, 5.41) is 25.2. The Labute approximate surface area is 143 Å². The molecule has 3 rings (SSSR count). The van der Waals surface area contributed by atoms with Crippen LogP contribution in [0.1, 0.15) is 5.89 Å². The van der Waals surface area contributed by atoms with Crippen LogP contribution in [-0.2, 0) is 20.8 Å². The van der Waals surface area contributed by atoms with Crippen molar-refractivity contribution in [3.8, 4) is 0 Å². The fourth-order valence-corrected chi connectivity index (χ4v) is 4.55. The van der Waals surface area contributed by atoms with E-state index in [4.69, 9.17) is 15.3 Å². The van der Waals surface area contributed by atoms with Gasteiger partial charge < -0.3 is 20.4 Å². The fourth-order valence-electron chi connectivity index (χ4n) is 2.34. The summed E-state index contributed by atoms with van der Waals surface area (Å²) in [4.78, 5) is 35.1. The third-order valence-electron chi connectivity index (χ3n) is 3.41. The van der Waals surface area contributed by atoms with E-state index in [0.29, 0.717) is 11.3 Å². The molecule has 0 aliphatic carbocycles. The summed E-state index contributed by atoms with van der Waals surface area (Å²) in [5.74, 6) is -2.06. The summed E-state index contributed by atoms with van der Waals surface area (Å²) in [5.41, 5.74) is 6.17. The molecule has 1 amide bonds. The number of carbonyl (C=O) groups is 3. The molecule has 0 radical (unpaired) electrons. The van der Waals surface area contributed by atoms with E-state index in [-0.39, 0.29) is 34.4 Å². The van der Waals surface area contributed by atoms with Crippen LogP contribution >= 0.6 is 23.5 Å². The van der Waals surface area contributed by atoms with Gasteiger partial charge in [-0.25, -0.2) is 4.79 Å². The first-order valence-corrected chi connectivity index (χ1v) is 8.74. The molecule has 1 aromatic heterocycles. The quantitative estimate of drug-likeness (QED) is 0.431. The van der Waals surface area contributed by atoms with E-state index in [1.165, 1.54) is 16.7 Å². The van der Waals surface area contributed by atoms with Crippen LogP contribution in [0.5, 0.6) is 0 Å². The average Bonchev–Trinajstić information content (AvgIpc) is 2.97. The highest BCUT2D eigenvalue weighted by molar-refractivity contribution is 8.01. The zero-order chi connectivity index (χ0) is 17.4. The van der Waals surface area contributed by atoms with E-state index in [0.717, 1.165) is 11.8 Å². The van der Waals surface area contributed by atoms with E-state index in [1.54, 1.807) is 0 Å². The van der Waals surface area contributed by atoms with Crippen molar-refractivity contribution in [1.29, 1.82) is 0 Å². The minimum Gasteiger partial charge on any atom is -0.481 e. The molecule has 12 heteroatoms. The number of nitrogens with two attached hydrogens (primary N) is 1. The molecular formula is C12H12N4O6S2. The third kappa shape index (κ3) is 2.99. The Balaban J connectivity index is 1.73. The molecule has 4 N–H and O–H groups in total. The summed E-state index contributed by atoms with van der Waals surface area (Å²) in [6, 6.07) is -0.673. The summed E-state index contributed by atoms with van der Waals surface area (Å²) < 4.78 is 5.16. The van der Waals surface area contributed by atoms with Gasteiger partial charge in [0.15, 0.2) is 0 Å². The van der Waals surface area contributed by atoms with Gasteiger partial charge in [0, 0.05) is 11.5 Å². The first-order chi connectivity index (χ1) is 11.4. The topological polar surface area (TPSA) is 160 Å². The molecule has 128 valence electrons. The highest BCUT2D eigenvalue weighted by Gasteiger charge is 2.51. The molecule has 1 unspecified atom stereocenters. The first kappa shape index (κ1) is 16.8. The molecule has 3 heterocycles. The van der Waals surface area contributed by atoms with Crippen molar-refractivity contribution in [3.63, 3.8) is 0 Å². The number of carboxylic acid groups (broad SMARTS) is 2. The number of thioether (sulfide) groups is 2. The Morgan fingerprint density at radius 1 is 1.42 bits per heavy atom. The van der Waals surface area contributed by atoms with Gasteiger partial charge in [-0.3, -0.25) is 14.5 Å². The van der Waals surface area contributed by atoms with Crippen LogP contribution in [-0.4, -0.2) is 66.1 Å². The van der Waals surface area contributed by atoms with Crippen molar-refractivity contribution in [2.75, 3.05) is 11.5 Å². The van der Waals surface area contributed by atoms with Gasteiger partial charge in [-0.1, -0.05) is 11.8 Å². The van der Waals surface area contributed by atoms with Crippen LogP contribution in [0.4, 0.5) is 0 Å². The zero-order valence-corrected chi connectivity index (χ0v) is 13.7. The zero-order valence-electron chi connectivity index (χ0n) is 12.0. The van der Waals surface area contributed by atoms with Gasteiger partial charge in [-0.05, 0) is 5.57 Å². The Bertz CT molecular complexity index is 748. The number of aliphatic carboxylic acids is 2. The second-order valence-corrected chi connectivity index (χ2v) is 7.05. The fraction of sp³-hybridized carbons (Fsp3) is 0.417. The molecule has 0 saturated carbocycles. The summed E-state index contributed by atoms with van der Waals surface area (Å²) in [6.07, 6.45) is -0.381. The molecule has 2 aliphatic heterocycles. The monoisotopic (exact) mass is 372 g/mol. The molecule has 0 spiro atoms. The van der Waals surface area contributed by atoms with Crippen molar-refractivity contribution in [1.82, 2.24) is 15.1 Å². The molecule has 1 aromatic rings. The predicted molar refractivity (Wildman–Crippen MR) is 82.1 cm³/mol. The average molecular weight is 372 g/mol. The van der Waals surface area contributed by atoms with Crippen LogP contribution in [0.2, 0.25) is 0 Å². The minimum absolute atomic E-state index is 0.0283. The van der Waals surface area contributed by atoms with Crippen LogP contribution in [0.3, 0.4) is 0 Å². The van der Waals surface area contributed by atoms with Crippen LogP contribution in [0.25, 0.3) is 0 Å². The van der Waals surface area contributed by atoms with Crippen molar-refractivity contribution >= 4 is 41.4 Å². The van der Waals surface area contributed by atoms with Crippen molar-refractivity contribution < 1.29 is 29.0 Å². The molecule has 0 aromatic carbocycles. The maximum atomic E-state index is 11.8. The maximum Gasteiger partial charge on any atom is 0.352 e. The van der Waals surface area contributed by atoms with Crippen molar-refractivity contribution in [2.45, 2.75) is 23.1 Å². The Hall–Kier alpha value is -2.05. The minimum atomic E-state index is -1.19. The lowest BCUT2D eigenvalue weighted by Gasteiger charge is -2.48. The number of fused-ring (bicyclic) bond motifs is 1. The number of carbonyl (C=O) groups excluding carboxylic acids is 1. The first-order valence-electron chi connectivity index (χ1n) is 6.71. The van der Waals surface area contributed by atoms with Gasteiger partial charge in [0.25, 0.3) is 5.22 Å². The van der Waals surface area contributed by atoms with Gasteiger partial charge in [-0.2, -0.15) is 0 Å². The highest BCUT2D eigenvalue weighted by atomic mass is 32.2. The molecule has 24 heavy (non-hydrogen) atoms. The molecule has 1 saturated heterocycles. The van der Waals surface area contributed by atoms with E-state index in [9.17, 15) is 19.5 Å². The number of amides is 1. The number of rotatable bonds is 6. The molecule has 2 atom stereocenters. The molecule has 2 aliphatic rings. The normalized spacial score (nSPS) is 23.0. The van der Waals surface area contributed by atoms with E-state index >= 15 is 0 Å². The lowest BCUT2D eigenvalue weighted by molar-refractivity contribution is -0.147. The lowest BCUT2D eigenvalue weighted by Crippen LogP contribution is -2.68. The highest BCUT2D eigenvalue weighted by Crippen LogP contribution is 2.40. The van der Waals surface area contributed by atoms with E-state index < -0.39 is 23.9 Å². The number of hydrogen-bond acceptors (Lipinski definition) is 9. The summed E-state index contributed by atoms with van der Waals surface area (Å²) in [6.45, 7) is 0. The van der Waals surface area contributed by atoms with Crippen LogP contribution in [0.15, 0.2) is 20.9 Å². The standard InChI is InChI=1S/C12H12N4O6S2/c13-7-9(19)16-8(11(20)21)4(2-23-10(7)16)3-24-12-15-14-5(22-12)1-6(17)18/h7,10H,1-3,13H2,(H,17,18)(H,20,21)/t7?,10-/m0/s1. The lowest BCUT2D eigenvalue weighted by atomic mass is 10.0. The van der Waals surface area contributed by atoms with E-state index in [2.05, 4.69) is 10.2 Å². The molecule has 1 fully saturated rings. The second-order valence-electron chi connectivity index (χ2n) is 5.01. The maximum absolute atomic E-state index is 11.8. The van der Waals surface area contributed by atoms with Gasteiger partial charge >= 0.3 is 11.9 Å². The van der Waals surface area contributed by atoms with Crippen molar-refractivity contribution in [3.05, 3.63) is 17.2 Å². The van der Waals surface area contributed by atoms with E-state index in [1.807, 2.05) is 0 Å².